The van der Waals surface area contributed by atoms with Gasteiger partial charge in [-0.25, -0.2) is 9.18 Å². The second-order valence-corrected chi connectivity index (χ2v) is 10.0. The van der Waals surface area contributed by atoms with Gasteiger partial charge < -0.3 is 15.4 Å². The molecule has 36 heavy (non-hydrogen) atoms. The second kappa shape index (κ2) is 11.6. The number of hydrogen-bond donors (Lipinski definition) is 2. The van der Waals surface area contributed by atoms with Crippen LogP contribution in [-0.4, -0.2) is 50.1 Å². The highest BCUT2D eigenvalue weighted by atomic mass is 19.1. The van der Waals surface area contributed by atoms with E-state index in [1.165, 1.54) is 16.5 Å². The van der Waals surface area contributed by atoms with E-state index in [0.717, 1.165) is 19.4 Å². The van der Waals surface area contributed by atoms with Gasteiger partial charge in [-0.1, -0.05) is 44.2 Å². The lowest BCUT2D eigenvalue weighted by molar-refractivity contribution is -0.121. The molecule has 0 radical (unpaired) electrons. The number of halogens is 1. The molecule has 7 nitrogen and oxygen atoms in total. The molecule has 192 valence electrons. The molecule has 2 unspecified atom stereocenters. The Morgan fingerprint density at radius 2 is 1.94 bits per heavy atom. The van der Waals surface area contributed by atoms with Gasteiger partial charge in [0.15, 0.2) is 5.78 Å². The van der Waals surface area contributed by atoms with Crippen molar-refractivity contribution in [1.82, 2.24) is 10.6 Å². The number of cyclic esters (lactones) is 1. The lowest BCUT2D eigenvalue weighted by Crippen LogP contribution is -2.35. The first-order valence-corrected chi connectivity index (χ1v) is 12.7. The molecule has 8 heteroatoms. The Labute approximate surface area is 211 Å². The molecule has 2 fully saturated rings. The number of carbonyl (C=O) groups excluding carboxylic acids is 3. The predicted octanol–water partition coefficient (Wildman–Crippen LogP) is 4.21. The van der Waals surface area contributed by atoms with Gasteiger partial charge in [0.2, 0.25) is 5.91 Å². The highest BCUT2D eigenvalue weighted by molar-refractivity contribution is 5.98. The van der Waals surface area contributed by atoms with Crippen molar-refractivity contribution in [2.24, 2.45) is 5.92 Å². The summed E-state index contributed by atoms with van der Waals surface area (Å²) in [5.41, 5.74) is 2.83. The zero-order chi connectivity index (χ0) is 25.7. The van der Waals surface area contributed by atoms with Crippen LogP contribution in [0.1, 0.15) is 60.5 Å². The molecule has 0 aliphatic carbocycles. The minimum Gasteiger partial charge on any atom is -0.442 e. The van der Waals surface area contributed by atoms with E-state index in [9.17, 15) is 18.8 Å². The van der Waals surface area contributed by atoms with E-state index in [-0.39, 0.29) is 49.4 Å². The quantitative estimate of drug-likeness (QED) is 0.483. The van der Waals surface area contributed by atoms with Crippen LogP contribution < -0.4 is 15.5 Å². The topological polar surface area (TPSA) is 87.7 Å². The summed E-state index contributed by atoms with van der Waals surface area (Å²) in [5, 5.41) is 5.99. The van der Waals surface area contributed by atoms with E-state index in [4.69, 9.17) is 4.74 Å². The number of amides is 2. The van der Waals surface area contributed by atoms with Gasteiger partial charge in [-0.3, -0.25) is 14.5 Å². The van der Waals surface area contributed by atoms with Gasteiger partial charge in [-0.05, 0) is 43.0 Å². The molecular formula is C28H34FN3O4. The van der Waals surface area contributed by atoms with Crippen molar-refractivity contribution in [2.45, 2.75) is 51.6 Å². The summed E-state index contributed by atoms with van der Waals surface area (Å²) in [4.78, 5) is 38.8. The maximum Gasteiger partial charge on any atom is 0.414 e. The fraction of sp³-hybridized carbons (Fsp3) is 0.464. The Kier molecular flexibility index (Phi) is 8.36. The van der Waals surface area contributed by atoms with Crippen molar-refractivity contribution in [3.8, 4) is 0 Å². The van der Waals surface area contributed by atoms with Gasteiger partial charge in [0.05, 0.1) is 18.8 Å². The molecule has 2 saturated heterocycles. The minimum absolute atomic E-state index is 0.00306. The molecule has 2 aliphatic rings. The van der Waals surface area contributed by atoms with Crippen LogP contribution in [-0.2, 0) is 16.0 Å². The maximum absolute atomic E-state index is 14.7. The third-order valence-corrected chi connectivity index (χ3v) is 6.69. The molecule has 2 amide bonds. The maximum atomic E-state index is 14.7. The van der Waals surface area contributed by atoms with Crippen LogP contribution in [0.3, 0.4) is 0 Å². The Balaban J connectivity index is 1.27. The largest absolute Gasteiger partial charge is 0.442 e. The number of nitrogens with one attached hydrogen (secondary N) is 2. The third kappa shape index (κ3) is 6.29. The molecule has 2 aromatic rings. The number of carbonyl (C=O) groups is 3. The van der Waals surface area contributed by atoms with Crippen LogP contribution in [0.2, 0.25) is 0 Å². The average molecular weight is 496 g/mol. The van der Waals surface area contributed by atoms with E-state index in [1.54, 1.807) is 12.1 Å². The standard InChI is InChI=1S/C28H34FN3O4/c1-18(2)14-19-6-8-20(9-7-19)25(33)10-11-26(34)31-16-22-17-32(28(35)36-22)24-5-3-4-23(29)27(24)21-12-13-30-15-21/h3-9,18,21-22,30H,10-17H2,1-2H3,(H,31,34). The van der Waals surface area contributed by atoms with Gasteiger partial charge in [0.25, 0.3) is 0 Å². The molecule has 4 rings (SSSR count). The van der Waals surface area contributed by atoms with Crippen LogP contribution in [0.4, 0.5) is 14.9 Å². The molecule has 0 spiro atoms. The second-order valence-electron chi connectivity index (χ2n) is 10.0. The van der Waals surface area contributed by atoms with Crippen molar-refractivity contribution in [2.75, 3.05) is 31.1 Å². The lowest BCUT2D eigenvalue weighted by atomic mass is 9.95. The van der Waals surface area contributed by atoms with Crippen molar-refractivity contribution < 1.29 is 23.5 Å². The van der Waals surface area contributed by atoms with Gasteiger partial charge in [0.1, 0.15) is 11.9 Å². The van der Waals surface area contributed by atoms with E-state index >= 15 is 0 Å². The molecule has 0 aromatic heterocycles. The Hall–Kier alpha value is -3.26. The molecule has 0 saturated carbocycles. The summed E-state index contributed by atoms with van der Waals surface area (Å²) in [6, 6.07) is 12.3. The van der Waals surface area contributed by atoms with Crippen LogP contribution >= 0.6 is 0 Å². The SMILES string of the molecule is CC(C)Cc1ccc(C(=O)CCC(=O)NCC2CN(c3cccc(F)c3C3CCNC3)C(=O)O2)cc1. The third-order valence-electron chi connectivity index (χ3n) is 6.69. The number of rotatable bonds is 10. The number of ketones is 1. The summed E-state index contributed by atoms with van der Waals surface area (Å²) < 4.78 is 20.1. The van der Waals surface area contributed by atoms with Crippen LogP contribution in [0.15, 0.2) is 42.5 Å². The van der Waals surface area contributed by atoms with E-state index in [0.29, 0.717) is 29.3 Å². The fourth-order valence-electron chi connectivity index (χ4n) is 4.88. The van der Waals surface area contributed by atoms with Gasteiger partial charge in [0, 0.05) is 36.4 Å². The minimum atomic E-state index is -0.553. The summed E-state index contributed by atoms with van der Waals surface area (Å²) >= 11 is 0. The van der Waals surface area contributed by atoms with Crippen LogP contribution in [0, 0.1) is 11.7 Å². The number of nitrogens with zero attached hydrogens (tertiary/aromatic N) is 1. The number of Topliss-reactive ketones (excluding diaryl/α,β-unsaturated/α-hetero) is 1. The molecule has 0 bridgehead atoms. The monoisotopic (exact) mass is 495 g/mol. The number of anilines is 1. The zero-order valence-electron chi connectivity index (χ0n) is 20.9. The zero-order valence-corrected chi connectivity index (χ0v) is 20.9. The Morgan fingerprint density at radius 1 is 1.17 bits per heavy atom. The first kappa shape index (κ1) is 25.8. The fourth-order valence-corrected chi connectivity index (χ4v) is 4.88. The number of benzene rings is 2. The number of ether oxygens (including phenoxy) is 1. The predicted molar refractivity (Wildman–Crippen MR) is 136 cm³/mol. The Bertz CT molecular complexity index is 1100. The summed E-state index contributed by atoms with van der Waals surface area (Å²) in [5.74, 6) is -0.152. The van der Waals surface area contributed by atoms with E-state index < -0.39 is 12.2 Å². The smallest absolute Gasteiger partial charge is 0.414 e. The molecule has 2 aromatic carbocycles. The van der Waals surface area contributed by atoms with E-state index in [1.807, 2.05) is 24.3 Å². The lowest BCUT2D eigenvalue weighted by Gasteiger charge is -2.21. The first-order chi connectivity index (χ1) is 17.3. The first-order valence-electron chi connectivity index (χ1n) is 12.7. The van der Waals surface area contributed by atoms with Crippen LogP contribution in [0.25, 0.3) is 0 Å². The van der Waals surface area contributed by atoms with Gasteiger partial charge in [-0.15, -0.1) is 0 Å². The molecular weight excluding hydrogens is 461 g/mol. The summed E-state index contributed by atoms with van der Waals surface area (Å²) in [6.07, 6.45) is 0.815. The van der Waals surface area contributed by atoms with Crippen LogP contribution in [0.5, 0.6) is 0 Å². The van der Waals surface area contributed by atoms with Gasteiger partial charge in [-0.2, -0.15) is 0 Å². The summed E-state index contributed by atoms with van der Waals surface area (Å²) in [6.45, 7) is 6.12. The van der Waals surface area contributed by atoms with Crippen molar-refractivity contribution in [3.63, 3.8) is 0 Å². The Morgan fingerprint density at radius 3 is 2.64 bits per heavy atom. The van der Waals surface area contributed by atoms with E-state index in [2.05, 4.69) is 24.5 Å². The molecule has 2 atom stereocenters. The highest BCUT2D eigenvalue weighted by Gasteiger charge is 2.36. The molecule has 2 N–H and O–H groups in total. The summed E-state index contributed by atoms with van der Waals surface area (Å²) in [7, 11) is 0. The van der Waals surface area contributed by atoms with Crippen molar-refractivity contribution in [1.29, 1.82) is 0 Å². The average Bonchev–Trinajstić information content (AvgIpc) is 3.51. The number of hydrogen-bond acceptors (Lipinski definition) is 5. The normalized spacial score (nSPS) is 19.6. The van der Waals surface area contributed by atoms with Gasteiger partial charge >= 0.3 is 6.09 Å². The molecule has 2 aliphatic heterocycles. The van der Waals surface area contributed by atoms with Crippen molar-refractivity contribution >= 4 is 23.5 Å². The van der Waals surface area contributed by atoms with Crippen molar-refractivity contribution in [3.05, 3.63) is 65.0 Å². The highest BCUT2D eigenvalue weighted by Crippen LogP contribution is 2.35. The molecule has 2 heterocycles.